The normalized spacial score (nSPS) is 12.2. The van der Waals surface area contributed by atoms with Crippen molar-refractivity contribution < 1.29 is 4.79 Å². The number of rotatable bonds is 8. The van der Waals surface area contributed by atoms with Crippen LogP contribution in [0.5, 0.6) is 0 Å². The van der Waals surface area contributed by atoms with Gasteiger partial charge >= 0.3 is 0 Å². The second kappa shape index (κ2) is 8.70. The molecule has 0 heterocycles. The molecule has 1 aromatic carbocycles. The van der Waals surface area contributed by atoms with E-state index in [9.17, 15) is 4.79 Å². The van der Waals surface area contributed by atoms with Crippen molar-refractivity contribution in [2.24, 2.45) is 0 Å². The molecule has 0 aliphatic rings. The molecule has 0 fully saturated rings. The van der Waals surface area contributed by atoms with Crippen molar-refractivity contribution in [1.82, 2.24) is 5.32 Å². The quantitative estimate of drug-likeness (QED) is 0.698. The molecule has 1 unspecified atom stereocenters. The molecule has 0 saturated heterocycles. The lowest BCUT2D eigenvalue weighted by atomic mass is 10.1. The maximum atomic E-state index is 11.9. The van der Waals surface area contributed by atoms with Gasteiger partial charge in [0.25, 0.3) is 0 Å². The third kappa shape index (κ3) is 5.43. The molecule has 3 nitrogen and oxygen atoms in total. The summed E-state index contributed by atoms with van der Waals surface area (Å²) >= 11 is 0. The molecule has 19 heavy (non-hydrogen) atoms. The van der Waals surface area contributed by atoms with Crippen LogP contribution in [0.2, 0.25) is 0 Å². The van der Waals surface area contributed by atoms with Gasteiger partial charge in [0.15, 0.2) is 0 Å². The van der Waals surface area contributed by atoms with Crippen molar-refractivity contribution in [2.75, 3.05) is 11.9 Å². The SMILES string of the molecule is CCCCCC(=O)Nc1ccccc1C(C)NCC. The average Bonchev–Trinajstić information content (AvgIpc) is 2.40. The van der Waals surface area contributed by atoms with Crippen LogP contribution < -0.4 is 10.6 Å². The number of carbonyl (C=O) groups excluding carboxylic acids is 1. The topological polar surface area (TPSA) is 41.1 Å². The second-order valence-electron chi connectivity index (χ2n) is 4.87. The van der Waals surface area contributed by atoms with E-state index < -0.39 is 0 Å². The van der Waals surface area contributed by atoms with Gasteiger partial charge < -0.3 is 10.6 Å². The van der Waals surface area contributed by atoms with E-state index in [1.165, 1.54) is 0 Å². The Labute approximate surface area is 116 Å². The van der Waals surface area contributed by atoms with Gasteiger partial charge in [0.1, 0.15) is 0 Å². The Morgan fingerprint density at radius 2 is 1.95 bits per heavy atom. The summed E-state index contributed by atoms with van der Waals surface area (Å²) in [5.41, 5.74) is 2.07. The van der Waals surface area contributed by atoms with E-state index >= 15 is 0 Å². The van der Waals surface area contributed by atoms with Crippen molar-refractivity contribution in [3.05, 3.63) is 29.8 Å². The molecular weight excluding hydrogens is 236 g/mol. The Morgan fingerprint density at radius 1 is 1.21 bits per heavy atom. The van der Waals surface area contributed by atoms with Crippen LogP contribution in [0.3, 0.4) is 0 Å². The molecule has 0 radical (unpaired) electrons. The van der Waals surface area contributed by atoms with E-state index in [0.717, 1.165) is 37.1 Å². The zero-order valence-electron chi connectivity index (χ0n) is 12.3. The highest BCUT2D eigenvalue weighted by atomic mass is 16.1. The van der Waals surface area contributed by atoms with Crippen LogP contribution in [0, 0.1) is 0 Å². The van der Waals surface area contributed by atoms with Gasteiger partial charge in [0.05, 0.1) is 0 Å². The molecule has 1 aromatic rings. The third-order valence-corrected chi connectivity index (χ3v) is 3.22. The average molecular weight is 262 g/mol. The van der Waals surface area contributed by atoms with Gasteiger partial charge in [0.2, 0.25) is 5.91 Å². The highest BCUT2D eigenvalue weighted by molar-refractivity contribution is 5.91. The largest absolute Gasteiger partial charge is 0.326 e. The summed E-state index contributed by atoms with van der Waals surface area (Å²) in [6.45, 7) is 7.26. The van der Waals surface area contributed by atoms with Crippen molar-refractivity contribution in [2.45, 2.75) is 52.5 Å². The highest BCUT2D eigenvalue weighted by Crippen LogP contribution is 2.22. The Kier molecular flexibility index (Phi) is 7.19. The lowest BCUT2D eigenvalue weighted by molar-refractivity contribution is -0.116. The first-order valence-electron chi connectivity index (χ1n) is 7.31. The van der Waals surface area contributed by atoms with Crippen LogP contribution in [0.1, 0.15) is 58.1 Å². The summed E-state index contributed by atoms with van der Waals surface area (Å²) in [5.74, 6) is 0.115. The molecule has 3 heteroatoms. The first kappa shape index (κ1) is 15.7. The Hall–Kier alpha value is -1.35. The van der Waals surface area contributed by atoms with Crippen molar-refractivity contribution in [3.8, 4) is 0 Å². The van der Waals surface area contributed by atoms with Crippen molar-refractivity contribution in [1.29, 1.82) is 0 Å². The van der Waals surface area contributed by atoms with Crippen LogP contribution >= 0.6 is 0 Å². The molecule has 106 valence electrons. The summed E-state index contributed by atoms with van der Waals surface area (Å²) in [4.78, 5) is 11.9. The summed E-state index contributed by atoms with van der Waals surface area (Å²) < 4.78 is 0. The molecule has 0 bridgehead atoms. The van der Waals surface area contributed by atoms with Gasteiger partial charge in [-0.25, -0.2) is 0 Å². The molecule has 0 spiro atoms. The number of anilines is 1. The predicted molar refractivity (Wildman–Crippen MR) is 81.3 cm³/mol. The number of hydrogen-bond acceptors (Lipinski definition) is 2. The molecule has 0 aliphatic carbocycles. The molecule has 1 amide bonds. The molecule has 1 atom stereocenters. The first-order chi connectivity index (χ1) is 9.19. The van der Waals surface area contributed by atoms with Crippen LogP contribution in [0.4, 0.5) is 5.69 Å². The maximum Gasteiger partial charge on any atom is 0.224 e. The van der Waals surface area contributed by atoms with Crippen LogP contribution in [-0.4, -0.2) is 12.5 Å². The van der Waals surface area contributed by atoms with E-state index in [4.69, 9.17) is 0 Å². The first-order valence-corrected chi connectivity index (χ1v) is 7.31. The van der Waals surface area contributed by atoms with Gasteiger partial charge in [-0.05, 0) is 31.5 Å². The number of hydrogen-bond donors (Lipinski definition) is 2. The number of para-hydroxylation sites is 1. The monoisotopic (exact) mass is 262 g/mol. The smallest absolute Gasteiger partial charge is 0.224 e. The summed E-state index contributed by atoms with van der Waals surface area (Å²) in [6.07, 6.45) is 3.83. The number of nitrogens with one attached hydrogen (secondary N) is 2. The van der Waals surface area contributed by atoms with E-state index in [-0.39, 0.29) is 11.9 Å². The molecule has 2 N–H and O–H groups in total. The lowest BCUT2D eigenvalue weighted by Gasteiger charge is -2.17. The Balaban J connectivity index is 2.64. The molecule has 0 aliphatic heterocycles. The van der Waals surface area contributed by atoms with Gasteiger partial charge in [-0.2, -0.15) is 0 Å². The zero-order valence-corrected chi connectivity index (χ0v) is 12.3. The molecule has 0 aromatic heterocycles. The summed E-state index contributed by atoms with van der Waals surface area (Å²) in [7, 11) is 0. The molecule has 0 saturated carbocycles. The lowest BCUT2D eigenvalue weighted by Crippen LogP contribution is -2.20. The predicted octanol–water partition coefficient (Wildman–Crippen LogP) is 3.88. The van der Waals surface area contributed by atoms with Crippen LogP contribution in [-0.2, 0) is 4.79 Å². The van der Waals surface area contributed by atoms with Gasteiger partial charge in [0, 0.05) is 18.2 Å². The summed E-state index contributed by atoms with van der Waals surface area (Å²) in [6, 6.07) is 8.26. The van der Waals surface area contributed by atoms with Gasteiger partial charge in [-0.3, -0.25) is 4.79 Å². The van der Waals surface area contributed by atoms with Crippen LogP contribution in [0.15, 0.2) is 24.3 Å². The zero-order chi connectivity index (χ0) is 14.1. The third-order valence-electron chi connectivity index (χ3n) is 3.22. The fourth-order valence-electron chi connectivity index (χ4n) is 2.15. The minimum Gasteiger partial charge on any atom is -0.326 e. The number of unbranched alkanes of at least 4 members (excludes halogenated alkanes) is 2. The Bertz CT molecular complexity index is 390. The number of carbonyl (C=O) groups is 1. The van der Waals surface area contributed by atoms with Gasteiger partial charge in [-0.15, -0.1) is 0 Å². The minimum atomic E-state index is 0.115. The van der Waals surface area contributed by atoms with E-state index in [1.54, 1.807) is 0 Å². The summed E-state index contributed by atoms with van der Waals surface area (Å²) in [5, 5.41) is 6.41. The van der Waals surface area contributed by atoms with E-state index in [0.29, 0.717) is 6.42 Å². The number of benzene rings is 1. The molecule has 1 rings (SSSR count). The highest BCUT2D eigenvalue weighted by Gasteiger charge is 2.11. The number of amides is 1. The fourth-order valence-corrected chi connectivity index (χ4v) is 2.15. The fraction of sp³-hybridized carbons (Fsp3) is 0.562. The van der Waals surface area contributed by atoms with Crippen molar-refractivity contribution in [3.63, 3.8) is 0 Å². The standard InChI is InChI=1S/C16H26N2O/c1-4-6-7-12-16(19)18-15-11-9-8-10-14(15)13(3)17-5-2/h8-11,13,17H,4-7,12H2,1-3H3,(H,18,19). The maximum absolute atomic E-state index is 11.9. The van der Waals surface area contributed by atoms with Crippen LogP contribution in [0.25, 0.3) is 0 Å². The Morgan fingerprint density at radius 3 is 2.63 bits per heavy atom. The minimum absolute atomic E-state index is 0.115. The molecular formula is C16H26N2O. The van der Waals surface area contributed by atoms with Gasteiger partial charge in [-0.1, -0.05) is 44.9 Å². The van der Waals surface area contributed by atoms with Crippen molar-refractivity contribution >= 4 is 11.6 Å². The van der Waals surface area contributed by atoms with E-state index in [1.807, 2.05) is 18.2 Å². The van der Waals surface area contributed by atoms with E-state index in [2.05, 4.69) is 37.5 Å². The second-order valence-corrected chi connectivity index (χ2v) is 4.87.